The molecule has 5 aromatic rings. The Hall–Kier alpha value is -6.10. The van der Waals surface area contributed by atoms with E-state index >= 15 is 0 Å². The minimum atomic E-state index is -0.917. The lowest BCUT2D eigenvalue weighted by Gasteiger charge is -2.51. The van der Waals surface area contributed by atoms with Crippen LogP contribution in [0.15, 0.2) is 84.9 Å². The molecule has 2 unspecified atom stereocenters. The highest BCUT2D eigenvalue weighted by molar-refractivity contribution is 6.30. The molecule has 3 heterocycles. The zero-order valence-corrected chi connectivity index (χ0v) is 38.1. The summed E-state index contributed by atoms with van der Waals surface area (Å²) < 4.78 is 0. The average molecular weight is 891 g/mol. The van der Waals surface area contributed by atoms with Crippen molar-refractivity contribution in [1.82, 2.24) is 40.2 Å². The first-order valence-electron chi connectivity index (χ1n) is 20.9. The lowest BCUT2D eigenvalue weighted by Crippen LogP contribution is -2.68. The minimum absolute atomic E-state index is 0.0316. The monoisotopic (exact) mass is 889 g/mol. The van der Waals surface area contributed by atoms with Crippen LogP contribution in [0.25, 0.3) is 0 Å². The Balaban J connectivity index is 0.000000211. The molecule has 2 aliphatic rings. The first-order chi connectivity index (χ1) is 30.0. The molecule has 4 amide bonds. The molecule has 0 radical (unpaired) electrons. The summed E-state index contributed by atoms with van der Waals surface area (Å²) >= 11 is 12.0. The number of carbonyl (C=O) groups excluding carboxylic acids is 4. The van der Waals surface area contributed by atoms with E-state index in [-0.39, 0.29) is 49.6 Å². The van der Waals surface area contributed by atoms with Crippen LogP contribution in [-0.4, -0.2) is 94.6 Å². The number of aromatic nitrogens is 4. The zero-order chi connectivity index (χ0) is 45.5. The number of nitriles is 1. The quantitative estimate of drug-likeness (QED) is 0.121. The van der Waals surface area contributed by atoms with E-state index in [2.05, 4.69) is 38.8 Å². The third kappa shape index (κ3) is 11.3. The summed E-state index contributed by atoms with van der Waals surface area (Å²) in [5, 5.41) is 24.5. The van der Waals surface area contributed by atoms with E-state index in [9.17, 15) is 24.4 Å². The van der Waals surface area contributed by atoms with Crippen LogP contribution in [0.5, 0.6) is 0 Å². The number of carbonyl (C=O) groups is 4. The number of aryl methyl sites for hydroxylation is 4. The Labute approximate surface area is 379 Å². The van der Waals surface area contributed by atoms with Crippen molar-refractivity contribution in [3.8, 4) is 6.07 Å². The number of likely N-dealkylation sites (tertiary alicyclic amines) is 2. The summed E-state index contributed by atoms with van der Waals surface area (Å²) in [6.45, 7) is 13.6. The van der Waals surface area contributed by atoms with Gasteiger partial charge in [0.1, 0.15) is 17.6 Å². The van der Waals surface area contributed by atoms with Gasteiger partial charge in [0, 0.05) is 36.2 Å². The van der Waals surface area contributed by atoms with Crippen LogP contribution in [0.3, 0.4) is 0 Å². The van der Waals surface area contributed by atoms with Crippen molar-refractivity contribution in [3.05, 3.63) is 145 Å². The van der Waals surface area contributed by atoms with Gasteiger partial charge in [-0.1, -0.05) is 111 Å². The number of hydrogen-bond acceptors (Lipinski definition) is 8. The largest absolute Gasteiger partial charge is 0.329 e. The molecule has 4 aromatic carbocycles. The second kappa shape index (κ2) is 19.9. The molecule has 328 valence electrons. The molecule has 0 bridgehead atoms. The average Bonchev–Trinajstić information content (AvgIpc) is 3.72. The third-order valence-electron chi connectivity index (χ3n) is 11.8. The molecular weight excluding hydrogens is 837 g/mol. The van der Waals surface area contributed by atoms with Gasteiger partial charge in [0.05, 0.1) is 25.5 Å². The Morgan fingerprint density at radius 3 is 1.43 bits per heavy atom. The van der Waals surface area contributed by atoms with Crippen LogP contribution in [-0.2, 0) is 51.7 Å². The van der Waals surface area contributed by atoms with E-state index in [1.165, 1.54) is 4.90 Å². The number of tetrazole rings is 1. The van der Waals surface area contributed by atoms with E-state index in [1.54, 1.807) is 45.9 Å². The normalized spacial score (nSPS) is 17.6. The fourth-order valence-electron chi connectivity index (χ4n) is 8.45. The molecule has 1 N–H and O–H groups in total. The number of benzene rings is 4. The van der Waals surface area contributed by atoms with Crippen LogP contribution in [0.4, 0.5) is 0 Å². The van der Waals surface area contributed by atoms with Gasteiger partial charge in [-0.15, -0.1) is 10.2 Å². The predicted molar refractivity (Wildman–Crippen MR) is 241 cm³/mol. The van der Waals surface area contributed by atoms with Crippen molar-refractivity contribution >= 4 is 46.8 Å². The van der Waals surface area contributed by atoms with E-state index in [4.69, 9.17) is 23.2 Å². The fraction of sp³-hybridized carbons (Fsp3) is 0.375. The summed E-state index contributed by atoms with van der Waals surface area (Å²) in [7, 11) is 0. The number of nitrogens with zero attached hydrogens (tertiary/aromatic N) is 8. The van der Waals surface area contributed by atoms with Gasteiger partial charge in [-0.3, -0.25) is 19.2 Å². The molecule has 2 saturated heterocycles. The Morgan fingerprint density at radius 2 is 1.06 bits per heavy atom. The first kappa shape index (κ1) is 46.4. The highest BCUT2D eigenvalue weighted by atomic mass is 35.5. The number of H-pyrrole nitrogens is 1. The van der Waals surface area contributed by atoms with Crippen molar-refractivity contribution in [2.24, 2.45) is 0 Å². The van der Waals surface area contributed by atoms with E-state index in [1.807, 2.05) is 83.1 Å². The molecule has 15 heteroatoms. The summed E-state index contributed by atoms with van der Waals surface area (Å²) in [5.74, 6) is -0.0340. The van der Waals surface area contributed by atoms with Crippen LogP contribution >= 0.6 is 23.2 Å². The fourth-order valence-corrected chi connectivity index (χ4v) is 8.70. The predicted octanol–water partition coefficient (Wildman–Crippen LogP) is 7.28. The van der Waals surface area contributed by atoms with Crippen LogP contribution < -0.4 is 0 Å². The number of amides is 4. The van der Waals surface area contributed by atoms with Gasteiger partial charge in [0.15, 0.2) is 5.82 Å². The van der Waals surface area contributed by atoms with Gasteiger partial charge in [-0.2, -0.15) is 10.5 Å². The summed E-state index contributed by atoms with van der Waals surface area (Å²) in [6, 6.07) is 28.8. The highest BCUT2D eigenvalue weighted by Gasteiger charge is 2.52. The molecule has 2 fully saturated rings. The number of aromatic amines is 1. The van der Waals surface area contributed by atoms with Crippen LogP contribution in [0.2, 0.25) is 10.0 Å². The summed E-state index contributed by atoms with van der Waals surface area (Å²) in [6.07, 6.45) is 1.73. The van der Waals surface area contributed by atoms with Gasteiger partial charge in [-0.25, -0.2) is 0 Å². The van der Waals surface area contributed by atoms with Gasteiger partial charge in [0.2, 0.25) is 23.6 Å². The van der Waals surface area contributed by atoms with Crippen molar-refractivity contribution in [1.29, 1.82) is 5.26 Å². The number of hydrogen-bond donors (Lipinski definition) is 1. The first-order valence-corrected chi connectivity index (χ1v) is 21.6. The number of rotatable bonds is 13. The Morgan fingerprint density at radius 1 is 0.651 bits per heavy atom. The standard InChI is InChI=1S/C24H27ClN6O2.C24H26ClN3O2/c1-16-10-17(2)12-19(11-16)13-22(32)31-9-8-24(31,3)23(33)30(15-21-26-28-29-27-21)14-18-4-6-20(25)7-5-18;1-17-12-18(2)14-20(13-17)15-22(29)28-10-8-24(28,3)23(30)27(11-9-26)16-19-4-6-21(25)7-5-19/h4-7,10-12H,8-9,13-15H2,1-3H3,(H,26,27,28,29);4-7,12-14H,8,10-11,15-16H2,1-3H3. The lowest BCUT2D eigenvalue weighted by atomic mass is 9.84. The van der Waals surface area contributed by atoms with E-state index < -0.39 is 11.1 Å². The molecule has 63 heavy (non-hydrogen) atoms. The molecule has 2 atom stereocenters. The summed E-state index contributed by atoms with van der Waals surface area (Å²) in [5.41, 5.74) is 6.37. The Bertz CT molecular complexity index is 2450. The molecule has 7 rings (SSSR count). The van der Waals surface area contributed by atoms with E-state index in [0.29, 0.717) is 54.9 Å². The smallest absolute Gasteiger partial charge is 0.249 e. The van der Waals surface area contributed by atoms with Gasteiger partial charge >= 0.3 is 0 Å². The maximum absolute atomic E-state index is 13.7. The maximum Gasteiger partial charge on any atom is 0.249 e. The SMILES string of the molecule is Cc1cc(C)cc(CC(=O)N2CCC2(C)C(=O)N(CC#N)Cc2ccc(Cl)cc2)c1.Cc1cc(C)cc(CC(=O)N2CCC2(C)C(=O)N(Cc2ccc(Cl)cc2)Cc2nn[nH]n2)c1. The lowest BCUT2D eigenvalue weighted by molar-refractivity contribution is -0.164. The van der Waals surface area contributed by atoms with Crippen molar-refractivity contribution in [3.63, 3.8) is 0 Å². The molecule has 1 aromatic heterocycles. The van der Waals surface area contributed by atoms with Crippen LogP contribution in [0, 0.1) is 39.0 Å². The summed E-state index contributed by atoms with van der Waals surface area (Å²) in [4.78, 5) is 59.8. The molecule has 0 spiro atoms. The van der Waals surface area contributed by atoms with Crippen molar-refractivity contribution < 1.29 is 19.2 Å². The third-order valence-corrected chi connectivity index (χ3v) is 12.3. The molecule has 0 aliphatic carbocycles. The second-order valence-electron chi connectivity index (χ2n) is 17.0. The second-order valence-corrected chi connectivity index (χ2v) is 17.9. The topological polar surface area (TPSA) is 159 Å². The number of nitrogens with one attached hydrogen (secondary N) is 1. The minimum Gasteiger partial charge on any atom is -0.329 e. The molecule has 0 saturated carbocycles. The van der Waals surface area contributed by atoms with Crippen molar-refractivity contribution in [2.75, 3.05) is 19.6 Å². The van der Waals surface area contributed by atoms with E-state index in [0.717, 1.165) is 44.5 Å². The molecular formula is C48H53Cl2N9O4. The van der Waals surface area contributed by atoms with Gasteiger partial charge in [0.25, 0.3) is 0 Å². The molecule has 2 aliphatic heterocycles. The zero-order valence-electron chi connectivity index (χ0n) is 36.6. The van der Waals surface area contributed by atoms with Gasteiger partial charge in [-0.05, 0) is 101 Å². The Kier molecular flexibility index (Phi) is 14.7. The van der Waals surface area contributed by atoms with Crippen LogP contribution in [0.1, 0.15) is 77.0 Å². The van der Waals surface area contributed by atoms with Crippen molar-refractivity contribution in [2.45, 2.75) is 97.9 Å². The molecule has 13 nitrogen and oxygen atoms in total. The highest BCUT2D eigenvalue weighted by Crippen LogP contribution is 2.35. The maximum atomic E-state index is 13.7. The van der Waals surface area contributed by atoms with Gasteiger partial charge < -0.3 is 19.6 Å². The number of halogens is 2.